The number of fused-ring (bicyclic) bond motifs is 1. The first-order valence-corrected chi connectivity index (χ1v) is 8.09. The van der Waals surface area contributed by atoms with Crippen LogP contribution in [0.3, 0.4) is 0 Å². The average Bonchev–Trinajstić information content (AvgIpc) is 2.85. The van der Waals surface area contributed by atoms with Gasteiger partial charge in [-0.15, -0.1) is 0 Å². The summed E-state index contributed by atoms with van der Waals surface area (Å²) in [5, 5.41) is 6.93. The van der Waals surface area contributed by atoms with E-state index in [0.717, 1.165) is 5.69 Å². The molecule has 1 aromatic carbocycles. The van der Waals surface area contributed by atoms with Crippen LogP contribution < -0.4 is 10.6 Å². The molecule has 0 aliphatic carbocycles. The standard InChI is InChI=1S/C16H22ClN3O/c1-11(21)18-14-6-5-12(10-13(14)17)19-15-7-9-20-8-3-2-4-16(15)20/h5-6,10,15-16,19H,2-4,7-9H2,1H3,(H,18,21). The van der Waals surface area contributed by atoms with Crippen molar-refractivity contribution < 1.29 is 4.79 Å². The maximum Gasteiger partial charge on any atom is 0.221 e. The smallest absolute Gasteiger partial charge is 0.221 e. The van der Waals surface area contributed by atoms with E-state index in [1.807, 2.05) is 18.2 Å². The first kappa shape index (κ1) is 14.7. The van der Waals surface area contributed by atoms with E-state index < -0.39 is 0 Å². The van der Waals surface area contributed by atoms with Crippen LogP contribution in [0.4, 0.5) is 11.4 Å². The molecule has 0 spiro atoms. The molecule has 4 nitrogen and oxygen atoms in total. The Morgan fingerprint density at radius 3 is 2.90 bits per heavy atom. The van der Waals surface area contributed by atoms with Crippen molar-refractivity contribution >= 4 is 28.9 Å². The van der Waals surface area contributed by atoms with Crippen LogP contribution in [0.2, 0.25) is 5.02 Å². The number of carbonyl (C=O) groups excluding carboxylic acids is 1. The second kappa shape index (κ2) is 6.24. The van der Waals surface area contributed by atoms with E-state index in [1.165, 1.54) is 45.7 Å². The number of hydrogen-bond acceptors (Lipinski definition) is 3. The summed E-state index contributed by atoms with van der Waals surface area (Å²) in [6.45, 7) is 3.92. The SMILES string of the molecule is CC(=O)Nc1ccc(NC2CCN3CCCCC23)cc1Cl. The minimum absolute atomic E-state index is 0.105. The van der Waals surface area contributed by atoms with Crippen LogP contribution >= 0.6 is 11.6 Å². The molecule has 2 aliphatic rings. The molecule has 1 amide bonds. The molecule has 0 radical (unpaired) electrons. The van der Waals surface area contributed by atoms with Gasteiger partial charge < -0.3 is 10.6 Å². The van der Waals surface area contributed by atoms with Gasteiger partial charge in [0.05, 0.1) is 10.7 Å². The molecule has 2 aliphatic heterocycles. The lowest BCUT2D eigenvalue weighted by atomic mass is 9.99. The van der Waals surface area contributed by atoms with Crippen LogP contribution in [0.25, 0.3) is 0 Å². The van der Waals surface area contributed by atoms with Gasteiger partial charge in [0.2, 0.25) is 5.91 Å². The first-order valence-electron chi connectivity index (χ1n) is 7.71. The second-order valence-corrected chi connectivity index (χ2v) is 6.42. The molecule has 114 valence electrons. The molecular formula is C16H22ClN3O. The minimum atomic E-state index is -0.105. The van der Waals surface area contributed by atoms with Gasteiger partial charge in [-0.25, -0.2) is 0 Å². The van der Waals surface area contributed by atoms with Crippen molar-refractivity contribution in [2.45, 2.75) is 44.7 Å². The van der Waals surface area contributed by atoms with E-state index in [-0.39, 0.29) is 5.91 Å². The van der Waals surface area contributed by atoms with E-state index in [9.17, 15) is 4.79 Å². The zero-order chi connectivity index (χ0) is 14.8. The van der Waals surface area contributed by atoms with Crippen molar-refractivity contribution in [3.8, 4) is 0 Å². The molecular weight excluding hydrogens is 286 g/mol. The second-order valence-electron chi connectivity index (χ2n) is 6.01. The fourth-order valence-corrected chi connectivity index (χ4v) is 3.75. The molecule has 2 unspecified atom stereocenters. The summed E-state index contributed by atoms with van der Waals surface area (Å²) in [4.78, 5) is 13.7. The summed E-state index contributed by atoms with van der Waals surface area (Å²) in [6, 6.07) is 6.92. The average molecular weight is 308 g/mol. The highest BCUT2D eigenvalue weighted by molar-refractivity contribution is 6.34. The van der Waals surface area contributed by atoms with Gasteiger partial charge in [0.15, 0.2) is 0 Å². The molecule has 3 rings (SSSR count). The van der Waals surface area contributed by atoms with Crippen LogP contribution in [0, 0.1) is 0 Å². The van der Waals surface area contributed by atoms with Crippen LogP contribution in [0.15, 0.2) is 18.2 Å². The van der Waals surface area contributed by atoms with Crippen LogP contribution in [-0.4, -0.2) is 36.0 Å². The Morgan fingerprint density at radius 1 is 1.29 bits per heavy atom. The summed E-state index contributed by atoms with van der Waals surface area (Å²) < 4.78 is 0. The van der Waals surface area contributed by atoms with Crippen LogP contribution in [0.1, 0.15) is 32.6 Å². The summed E-state index contributed by atoms with van der Waals surface area (Å²) in [6.07, 6.45) is 5.15. The Hall–Kier alpha value is -1.26. The van der Waals surface area contributed by atoms with Gasteiger partial charge >= 0.3 is 0 Å². The molecule has 2 atom stereocenters. The van der Waals surface area contributed by atoms with Gasteiger partial charge in [-0.2, -0.15) is 0 Å². The van der Waals surface area contributed by atoms with Crippen molar-refractivity contribution in [2.24, 2.45) is 0 Å². The summed E-state index contributed by atoms with van der Waals surface area (Å²) in [5.74, 6) is -0.105. The third kappa shape index (κ3) is 3.33. The highest BCUT2D eigenvalue weighted by Gasteiger charge is 2.35. The van der Waals surface area contributed by atoms with Crippen LogP contribution in [0.5, 0.6) is 0 Å². The number of amides is 1. The molecule has 0 aromatic heterocycles. The van der Waals surface area contributed by atoms with Gasteiger partial charge in [0, 0.05) is 31.2 Å². The molecule has 2 saturated heterocycles. The van der Waals surface area contributed by atoms with E-state index in [4.69, 9.17) is 11.6 Å². The maximum absolute atomic E-state index is 11.1. The first-order chi connectivity index (χ1) is 10.1. The monoisotopic (exact) mass is 307 g/mol. The Balaban J connectivity index is 1.67. The number of halogens is 1. The molecule has 0 bridgehead atoms. The van der Waals surface area contributed by atoms with Gasteiger partial charge in [-0.3, -0.25) is 9.69 Å². The van der Waals surface area contributed by atoms with Crippen molar-refractivity contribution in [3.05, 3.63) is 23.2 Å². The molecule has 2 fully saturated rings. The van der Waals surface area contributed by atoms with Crippen LogP contribution in [-0.2, 0) is 4.79 Å². The third-order valence-corrected chi connectivity index (χ3v) is 4.80. The topological polar surface area (TPSA) is 44.4 Å². The van der Waals surface area contributed by atoms with Gasteiger partial charge in [-0.05, 0) is 44.0 Å². The molecule has 2 heterocycles. The van der Waals surface area contributed by atoms with Crippen molar-refractivity contribution in [3.63, 3.8) is 0 Å². The molecule has 5 heteroatoms. The largest absolute Gasteiger partial charge is 0.381 e. The lowest BCUT2D eigenvalue weighted by molar-refractivity contribution is -0.114. The number of carbonyl (C=O) groups is 1. The number of nitrogens with zero attached hydrogens (tertiary/aromatic N) is 1. The number of anilines is 2. The number of benzene rings is 1. The van der Waals surface area contributed by atoms with Crippen molar-refractivity contribution in [1.29, 1.82) is 0 Å². The fourth-order valence-electron chi connectivity index (χ4n) is 3.53. The lowest BCUT2D eigenvalue weighted by Crippen LogP contribution is -2.41. The molecule has 2 N–H and O–H groups in total. The highest BCUT2D eigenvalue weighted by Crippen LogP contribution is 2.31. The third-order valence-electron chi connectivity index (χ3n) is 4.49. The Kier molecular flexibility index (Phi) is 4.36. The number of piperidine rings is 1. The van der Waals surface area contributed by atoms with Crippen molar-refractivity contribution in [2.75, 3.05) is 23.7 Å². The van der Waals surface area contributed by atoms with Gasteiger partial charge in [-0.1, -0.05) is 18.0 Å². The minimum Gasteiger partial charge on any atom is -0.381 e. The van der Waals surface area contributed by atoms with Gasteiger partial charge in [0.1, 0.15) is 0 Å². The highest BCUT2D eigenvalue weighted by atomic mass is 35.5. The number of rotatable bonds is 3. The normalized spacial score (nSPS) is 25.4. The Bertz CT molecular complexity index is 534. The molecule has 21 heavy (non-hydrogen) atoms. The Labute approximate surface area is 130 Å². The zero-order valence-corrected chi connectivity index (χ0v) is 13.1. The number of nitrogens with one attached hydrogen (secondary N) is 2. The predicted octanol–water partition coefficient (Wildman–Crippen LogP) is 3.34. The molecule has 1 aromatic rings. The quantitative estimate of drug-likeness (QED) is 0.900. The number of hydrogen-bond donors (Lipinski definition) is 2. The van der Waals surface area contributed by atoms with Gasteiger partial charge in [0.25, 0.3) is 0 Å². The van der Waals surface area contributed by atoms with Crippen molar-refractivity contribution in [1.82, 2.24) is 4.90 Å². The Morgan fingerprint density at radius 2 is 2.14 bits per heavy atom. The molecule has 0 saturated carbocycles. The lowest BCUT2D eigenvalue weighted by Gasteiger charge is -2.33. The fraction of sp³-hybridized carbons (Fsp3) is 0.562. The zero-order valence-electron chi connectivity index (χ0n) is 12.4. The summed E-state index contributed by atoms with van der Waals surface area (Å²) >= 11 is 6.23. The van der Waals surface area contributed by atoms with E-state index in [1.54, 1.807) is 0 Å². The predicted molar refractivity (Wildman–Crippen MR) is 87.0 cm³/mol. The summed E-state index contributed by atoms with van der Waals surface area (Å²) in [7, 11) is 0. The summed E-state index contributed by atoms with van der Waals surface area (Å²) in [5.41, 5.74) is 1.70. The van der Waals surface area contributed by atoms with E-state index in [2.05, 4.69) is 15.5 Å². The maximum atomic E-state index is 11.1. The van der Waals surface area contributed by atoms with E-state index in [0.29, 0.717) is 22.8 Å². The van der Waals surface area contributed by atoms with E-state index >= 15 is 0 Å².